The van der Waals surface area contributed by atoms with Crippen molar-refractivity contribution in [2.75, 3.05) is 37.4 Å². The maximum atomic E-state index is 11.9. The average molecular weight is 411 g/mol. The Balaban J connectivity index is 1.68. The van der Waals surface area contributed by atoms with Gasteiger partial charge < -0.3 is 19.7 Å². The van der Waals surface area contributed by atoms with Crippen molar-refractivity contribution in [3.8, 4) is 0 Å². The number of anilines is 1. The molecule has 1 N–H and O–H groups in total. The molecule has 1 aromatic carbocycles. The fourth-order valence-electron chi connectivity index (χ4n) is 2.40. The topological polar surface area (TPSA) is 84.9 Å². The van der Waals surface area contributed by atoms with Crippen LogP contribution in [0, 0.1) is 0 Å². The summed E-state index contributed by atoms with van der Waals surface area (Å²) in [5.74, 6) is -1.29. The average Bonchev–Trinajstić information content (AvgIpc) is 3.20. The molecule has 1 fully saturated rings. The van der Waals surface area contributed by atoms with Gasteiger partial charge in [-0.2, -0.15) is 0 Å². The molecule has 27 heavy (non-hydrogen) atoms. The molecule has 146 valence electrons. The van der Waals surface area contributed by atoms with Crippen LogP contribution in [0.4, 0.5) is 5.69 Å². The van der Waals surface area contributed by atoms with Gasteiger partial charge in [0.05, 0.1) is 17.9 Å². The molecule has 0 bridgehead atoms. The molecule has 1 aliphatic rings. The molecule has 0 atom stereocenters. The van der Waals surface area contributed by atoms with Crippen LogP contribution in [-0.4, -0.2) is 59.1 Å². The number of thiocarbonyl (C=S) groups is 1. The van der Waals surface area contributed by atoms with Crippen molar-refractivity contribution < 1.29 is 23.9 Å². The number of benzene rings is 1. The van der Waals surface area contributed by atoms with E-state index in [1.165, 1.54) is 11.8 Å². The molecule has 0 saturated carbocycles. The van der Waals surface area contributed by atoms with Gasteiger partial charge in [0.15, 0.2) is 6.61 Å². The van der Waals surface area contributed by atoms with E-state index in [4.69, 9.17) is 21.7 Å². The van der Waals surface area contributed by atoms with Crippen LogP contribution in [0.2, 0.25) is 0 Å². The number of rotatable bonds is 7. The number of likely N-dealkylation sites (tertiary alicyclic amines) is 1. The summed E-state index contributed by atoms with van der Waals surface area (Å²) in [5, 5.41) is 2.60. The predicted molar refractivity (Wildman–Crippen MR) is 108 cm³/mol. The van der Waals surface area contributed by atoms with Gasteiger partial charge in [-0.25, -0.2) is 4.79 Å². The van der Waals surface area contributed by atoms with E-state index >= 15 is 0 Å². The molecule has 1 aliphatic heterocycles. The third-order valence-corrected chi connectivity index (χ3v) is 5.22. The Hall–Kier alpha value is -2.13. The van der Waals surface area contributed by atoms with E-state index in [2.05, 4.69) is 10.2 Å². The van der Waals surface area contributed by atoms with E-state index < -0.39 is 17.8 Å². The van der Waals surface area contributed by atoms with Crippen LogP contribution in [0.25, 0.3) is 0 Å². The molecule has 9 heteroatoms. The van der Waals surface area contributed by atoms with Crippen LogP contribution in [0.15, 0.2) is 24.3 Å². The number of ether oxygens (including phenoxy) is 2. The molecule has 1 heterocycles. The summed E-state index contributed by atoms with van der Waals surface area (Å²) in [6.45, 7) is 3.50. The first-order valence-corrected chi connectivity index (χ1v) is 10.0. The maximum absolute atomic E-state index is 11.9. The molecule has 2 rings (SSSR count). The number of esters is 2. The van der Waals surface area contributed by atoms with Crippen molar-refractivity contribution in [3.05, 3.63) is 29.8 Å². The van der Waals surface area contributed by atoms with Crippen molar-refractivity contribution in [3.63, 3.8) is 0 Å². The van der Waals surface area contributed by atoms with Crippen molar-refractivity contribution >= 4 is 51.8 Å². The molecule has 0 aliphatic carbocycles. The minimum atomic E-state index is -0.491. The molecule has 0 unspecified atom stereocenters. The van der Waals surface area contributed by atoms with E-state index in [-0.39, 0.29) is 12.4 Å². The Labute approximate surface area is 167 Å². The largest absolute Gasteiger partial charge is 0.462 e. The van der Waals surface area contributed by atoms with Crippen LogP contribution in [0.3, 0.4) is 0 Å². The van der Waals surface area contributed by atoms with Gasteiger partial charge in [-0.3, -0.25) is 9.59 Å². The second kappa shape index (κ2) is 10.9. The summed E-state index contributed by atoms with van der Waals surface area (Å²) in [4.78, 5) is 37.2. The fourth-order valence-corrected chi connectivity index (χ4v) is 3.45. The highest BCUT2D eigenvalue weighted by molar-refractivity contribution is 8.23. The molecule has 0 radical (unpaired) electrons. The van der Waals surface area contributed by atoms with Gasteiger partial charge >= 0.3 is 11.9 Å². The standard InChI is InChI=1S/C18H22N2O5S2/c1-2-24-17(23)13-5-7-14(8-6-13)19-15(21)11-25-16(22)12-27-18(26)20-9-3-4-10-20/h5-8H,2-4,9-12H2,1H3,(H,19,21). The first-order valence-electron chi connectivity index (χ1n) is 8.64. The Kier molecular flexibility index (Phi) is 8.53. The Morgan fingerprint density at radius 2 is 1.81 bits per heavy atom. The van der Waals surface area contributed by atoms with Crippen LogP contribution in [-0.2, 0) is 19.1 Å². The lowest BCUT2D eigenvalue weighted by Crippen LogP contribution is -2.25. The Morgan fingerprint density at radius 3 is 2.44 bits per heavy atom. The van der Waals surface area contributed by atoms with Crippen LogP contribution < -0.4 is 5.32 Å². The maximum Gasteiger partial charge on any atom is 0.338 e. The van der Waals surface area contributed by atoms with Crippen LogP contribution in [0.1, 0.15) is 30.1 Å². The number of hydrogen-bond acceptors (Lipinski definition) is 7. The van der Waals surface area contributed by atoms with Crippen molar-refractivity contribution in [1.82, 2.24) is 4.90 Å². The second-order valence-corrected chi connectivity index (χ2v) is 7.36. The highest BCUT2D eigenvalue weighted by atomic mass is 32.2. The summed E-state index contributed by atoms with van der Waals surface area (Å²) in [6, 6.07) is 6.26. The zero-order valence-corrected chi connectivity index (χ0v) is 16.7. The van der Waals surface area contributed by atoms with Gasteiger partial charge in [0.2, 0.25) is 0 Å². The molecular formula is C18H22N2O5S2. The van der Waals surface area contributed by atoms with Gasteiger partial charge in [-0.1, -0.05) is 24.0 Å². The zero-order valence-electron chi connectivity index (χ0n) is 15.1. The fraction of sp³-hybridized carbons (Fsp3) is 0.444. The molecule has 0 spiro atoms. The van der Waals surface area contributed by atoms with E-state index in [1.54, 1.807) is 31.2 Å². The molecule has 0 aromatic heterocycles. The van der Waals surface area contributed by atoms with Crippen LogP contribution in [0.5, 0.6) is 0 Å². The monoisotopic (exact) mass is 410 g/mol. The molecule has 1 amide bonds. The lowest BCUT2D eigenvalue weighted by Gasteiger charge is -2.17. The van der Waals surface area contributed by atoms with Gasteiger partial charge in [0.1, 0.15) is 4.32 Å². The minimum Gasteiger partial charge on any atom is -0.462 e. The SMILES string of the molecule is CCOC(=O)c1ccc(NC(=O)COC(=O)CSC(=S)N2CCCC2)cc1. The van der Waals surface area contributed by atoms with E-state index in [0.29, 0.717) is 22.2 Å². The number of carbonyl (C=O) groups is 3. The highest BCUT2D eigenvalue weighted by Gasteiger charge is 2.17. The lowest BCUT2D eigenvalue weighted by molar-refractivity contribution is -0.144. The van der Waals surface area contributed by atoms with E-state index in [1.807, 2.05) is 0 Å². The first-order chi connectivity index (χ1) is 13.0. The third-order valence-electron chi connectivity index (χ3n) is 3.72. The number of hydrogen-bond donors (Lipinski definition) is 1. The minimum absolute atomic E-state index is 0.0802. The van der Waals surface area contributed by atoms with Crippen molar-refractivity contribution in [1.29, 1.82) is 0 Å². The number of nitrogens with one attached hydrogen (secondary N) is 1. The lowest BCUT2D eigenvalue weighted by atomic mass is 10.2. The van der Waals surface area contributed by atoms with Gasteiger partial charge in [-0.05, 0) is 44.0 Å². The number of thioether (sulfide) groups is 1. The third kappa shape index (κ3) is 7.18. The molecule has 1 aromatic rings. The van der Waals surface area contributed by atoms with Crippen molar-refractivity contribution in [2.24, 2.45) is 0 Å². The van der Waals surface area contributed by atoms with Gasteiger partial charge in [0.25, 0.3) is 5.91 Å². The summed E-state index contributed by atoms with van der Waals surface area (Å²) in [5.41, 5.74) is 0.890. The van der Waals surface area contributed by atoms with Crippen LogP contribution >= 0.6 is 24.0 Å². The number of nitrogens with zero attached hydrogens (tertiary/aromatic N) is 1. The Bertz CT molecular complexity index is 687. The molecule has 7 nitrogen and oxygen atoms in total. The quantitative estimate of drug-likeness (QED) is 0.542. The molecule has 1 saturated heterocycles. The summed E-state index contributed by atoms with van der Waals surface area (Å²) in [7, 11) is 0. The Morgan fingerprint density at radius 1 is 1.15 bits per heavy atom. The summed E-state index contributed by atoms with van der Waals surface area (Å²) < 4.78 is 10.5. The van der Waals surface area contributed by atoms with Gasteiger partial charge in [0, 0.05) is 18.8 Å². The normalized spacial score (nSPS) is 13.1. The summed E-state index contributed by atoms with van der Waals surface area (Å²) >= 11 is 6.52. The van der Waals surface area contributed by atoms with E-state index in [0.717, 1.165) is 25.9 Å². The predicted octanol–water partition coefficient (Wildman–Crippen LogP) is 2.46. The smallest absolute Gasteiger partial charge is 0.338 e. The second-order valence-electron chi connectivity index (χ2n) is 5.76. The highest BCUT2D eigenvalue weighted by Crippen LogP contribution is 2.16. The van der Waals surface area contributed by atoms with Gasteiger partial charge in [-0.15, -0.1) is 0 Å². The van der Waals surface area contributed by atoms with E-state index in [9.17, 15) is 14.4 Å². The number of carbonyl (C=O) groups excluding carboxylic acids is 3. The zero-order chi connectivity index (χ0) is 19.6. The summed E-state index contributed by atoms with van der Waals surface area (Å²) in [6.07, 6.45) is 2.23. The number of amides is 1. The molecular weight excluding hydrogens is 388 g/mol. The van der Waals surface area contributed by atoms with Crippen molar-refractivity contribution in [2.45, 2.75) is 19.8 Å². The first kappa shape index (κ1) is 21.2.